The van der Waals surface area contributed by atoms with E-state index in [9.17, 15) is 0 Å². The Hall–Kier alpha value is -1.82. The van der Waals surface area contributed by atoms with E-state index in [1.165, 1.54) is 37.9 Å². The van der Waals surface area contributed by atoms with Crippen LogP contribution in [0.25, 0.3) is 0 Å². The van der Waals surface area contributed by atoms with E-state index in [2.05, 4.69) is 36.4 Å². The van der Waals surface area contributed by atoms with E-state index in [1.54, 1.807) is 11.0 Å². The van der Waals surface area contributed by atoms with Crippen LogP contribution >= 0.6 is 11.6 Å². The predicted molar refractivity (Wildman–Crippen MR) is 93.4 cm³/mol. The van der Waals surface area contributed by atoms with Crippen molar-refractivity contribution in [3.63, 3.8) is 0 Å². The molecule has 0 radical (unpaired) electrons. The highest BCUT2D eigenvalue weighted by Gasteiger charge is 2.23. The lowest BCUT2D eigenvalue weighted by Gasteiger charge is -2.29. The van der Waals surface area contributed by atoms with E-state index >= 15 is 0 Å². The predicted octanol–water partition coefficient (Wildman–Crippen LogP) is 3.25. The molecule has 118 valence electrons. The van der Waals surface area contributed by atoms with Crippen LogP contribution in [-0.2, 0) is 13.0 Å². The zero-order valence-electron chi connectivity index (χ0n) is 13.3. The number of hydrogen-bond acceptors (Lipinski definition) is 1. The minimum atomic E-state index is 0.635. The zero-order chi connectivity index (χ0) is 16.1. The monoisotopic (exact) mass is 325 g/mol. The number of likely N-dealkylation sites (tertiary alicyclic amines) is 1. The summed E-state index contributed by atoms with van der Waals surface area (Å²) in [4.78, 5) is 1.60. The van der Waals surface area contributed by atoms with Crippen LogP contribution in [0, 0.1) is 17.2 Å². The Morgan fingerprint density at radius 1 is 1.09 bits per heavy atom. The molecular formula is C20H22ClN2+. The molecule has 0 saturated carbocycles. The van der Waals surface area contributed by atoms with Crippen molar-refractivity contribution in [1.29, 1.82) is 5.26 Å². The van der Waals surface area contributed by atoms with Crippen molar-refractivity contribution in [3.8, 4) is 6.07 Å². The largest absolute Gasteiger partial charge is 0.331 e. The van der Waals surface area contributed by atoms with Crippen LogP contribution in [0.1, 0.15) is 29.5 Å². The zero-order valence-corrected chi connectivity index (χ0v) is 14.0. The van der Waals surface area contributed by atoms with Gasteiger partial charge in [-0.2, -0.15) is 5.26 Å². The second-order valence-electron chi connectivity index (χ2n) is 6.48. The summed E-state index contributed by atoms with van der Waals surface area (Å²) in [7, 11) is 0. The first kappa shape index (κ1) is 16.1. The molecule has 2 aromatic carbocycles. The lowest BCUT2D eigenvalue weighted by molar-refractivity contribution is -0.919. The molecule has 1 heterocycles. The minimum Gasteiger partial charge on any atom is -0.331 e. The van der Waals surface area contributed by atoms with Gasteiger partial charge in [0.1, 0.15) is 6.54 Å². The fourth-order valence-corrected chi connectivity index (χ4v) is 3.69. The van der Waals surface area contributed by atoms with Crippen LogP contribution in [0.3, 0.4) is 0 Å². The Morgan fingerprint density at radius 2 is 1.83 bits per heavy atom. The van der Waals surface area contributed by atoms with Gasteiger partial charge in [-0.1, -0.05) is 48.0 Å². The third-order valence-corrected chi connectivity index (χ3v) is 5.15. The Labute approximate surface area is 143 Å². The molecule has 0 aromatic heterocycles. The first-order chi connectivity index (χ1) is 11.2. The topological polar surface area (TPSA) is 28.2 Å². The number of halogens is 1. The van der Waals surface area contributed by atoms with E-state index in [-0.39, 0.29) is 0 Å². The average Bonchev–Trinajstić information content (AvgIpc) is 2.59. The number of piperidine rings is 1. The Balaban J connectivity index is 1.52. The molecule has 0 unspecified atom stereocenters. The van der Waals surface area contributed by atoms with Gasteiger partial charge in [-0.15, -0.1) is 0 Å². The van der Waals surface area contributed by atoms with Gasteiger partial charge in [0.2, 0.25) is 0 Å². The number of nitrogens with one attached hydrogen (secondary N) is 1. The number of nitrogens with zero attached hydrogens (tertiary/aromatic N) is 1. The van der Waals surface area contributed by atoms with Crippen LogP contribution in [0.2, 0.25) is 5.02 Å². The van der Waals surface area contributed by atoms with E-state index < -0.39 is 0 Å². The molecule has 2 aromatic rings. The third-order valence-electron chi connectivity index (χ3n) is 4.80. The van der Waals surface area contributed by atoms with Gasteiger partial charge >= 0.3 is 0 Å². The average molecular weight is 326 g/mol. The van der Waals surface area contributed by atoms with Gasteiger partial charge in [0.25, 0.3) is 0 Å². The Morgan fingerprint density at radius 3 is 2.48 bits per heavy atom. The van der Waals surface area contributed by atoms with Crippen LogP contribution < -0.4 is 4.90 Å². The molecule has 1 saturated heterocycles. The summed E-state index contributed by atoms with van der Waals surface area (Å²) in [5.74, 6) is 0.803. The van der Waals surface area contributed by atoms with E-state index in [0.29, 0.717) is 5.56 Å². The van der Waals surface area contributed by atoms with Crippen LogP contribution in [0.4, 0.5) is 0 Å². The minimum absolute atomic E-state index is 0.635. The molecule has 23 heavy (non-hydrogen) atoms. The second-order valence-corrected chi connectivity index (χ2v) is 6.89. The van der Waals surface area contributed by atoms with Crippen molar-refractivity contribution in [2.24, 2.45) is 5.92 Å². The van der Waals surface area contributed by atoms with Gasteiger partial charge in [0.05, 0.1) is 29.7 Å². The lowest BCUT2D eigenvalue weighted by atomic mass is 9.90. The molecule has 3 heteroatoms. The number of nitriles is 1. The maximum Gasteiger partial charge on any atom is 0.104 e. The summed E-state index contributed by atoms with van der Waals surface area (Å²) in [6, 6.07) is 18.6. The van der Waals surface area contributed by atoms with Crippen molar-refractivity contribution in [1.82, 2.24) is 0 Å². The summed E-state index contributed by atoms with van der Waals surface area (Å²) in [5.41, 5.74) is 3.24. The van der Waals surface area contributed by atoms with E-state index in [4.69, 9.17) is 16.9 Å². The van der Waals surface area contributed by atoms with Gasteiger partial charge in [-0.25, -0.2) is 0 Å². The van der Waals surface area contributed by atoms with Crippen molar-refractivity contribution in [3.05, 3.63) is 70.2 Å². The second kappa shape index (κ2) is 7.64. The normalized spacial score (nSPS) is 20.9. The van der Waals surface area contributed by atoms with Crippen molar-refractivity contribution in [2.75, 3.05) is 13.1 Å². The summed E-state index contributed by atoms with van der Waals surface area (Å²) in [6.45, 7) is 3.37. The molecule has 3 rings (SSSR count). The van der Waals surface area contributed by atoms with Gasteiger partial charge in [-0.3, -0.25) is 0 Å². The van der Waals surface area contributed by atoms with Crippen molar-refractivity contribution in [2.45, 2.75) is 25.8 Å². The highest BCUT2D eigenvalue weighted by Crippen LogP contribution is 2.19. The molecule has 1 N–H and O–H groups in total. The quantitative estimate of drug-likeness (QED) is 0.918. The SMILES string of the molecule is N#Cc1ccc(C[NH+]2CCC(Cc3ccccc3)CC2)c(Cl)c1. The first-order valence-electron chi connectivity index (χ1n) is 8.30. The van der Waals surface area contributed by atoms with Crippen LogP contribution in [0.15, 0.2) is 48.5 Å². The number of quaternary nitrogens is 1. The smallest absolute Gasteiger partial charge is 0.104 e. The van der Waals surface area contributed by atoms with Crippen molar-refractivity contribution < 1.29 is 4.90 Å². The van der Waals surface area contributed by atoms with Gasteiger partial charge < -0.3 is 4.90 Å². The molecule has 1 aliphatic rings. The van der Waals surface area contributed by atoms with Crippen LogP contribution in [-0.4, -0.2) is 13.1 Å². The van der Waals surface area contributed by atoms with Gasteiger partial charge in [-0.05, 0) is 42.9 Å². The number of hydrogen-bond donors (Lipinski definition) is 1. The molecule has 2 nitrogen and oxygen atoms in total. The Bertz CT molecular complexity index is 683. The first-order valence-corrected chi connectivity index (χ1v) is 8.68. The summed E-state index contributed by atoms with van der Waals surface area (Å²) in [5, 5.41) is 9.64. The molecule has 0 bridgehead atoms. The fraction of sp³-hybridized carbons (Fsp3) is 0.350. The van der Waals surface area contributed by atoms with Crippen LogP contribution in [0.5, 0.6) is 0 Å². The molecular weight excluding hydrogens is 304 g/mol. The number of benzene rings is 2. The lowest BCUT2D eigenvalue weighted by Crippen LogP contribution is -3.11. The van der Waals surface area contributed by atoms with E-state index in [0.717, 1.165) is 23.0 Å². The summed E-state index contributed by atoms with van der Waals surface area (Å²) >= 11 is 6.30. The molecule has 1 aliphatic heterocycles. The molecule has 0 amide bonds. The van der Waals surface area contributed by atoms with Gasteiger partial charge in [0.15, 0.2) is 0 Å². The standard InChI is InChI=1S/C20H21ClN2/c21-20-13-18(14-22)6-7-19(20)15-23-10-8-17(9-11-23)12-16-4-2-1-3-5-16/h1-7,13,17H,8-12,15H2/p+1. The maximum atomic E-state index is 8.91. The summed E-state index contributed by atoms with van der Waals surface area (Å²) < 4.78 is 0. The summed E-state index contributed by atoms with van der Waals surface area (Å²) in [6.07, 6.45) is 3.75. The Kier molecular flexibility index (Phi) is 5.33. The highest BCUT2D eigenvalue weighted by atomic mass is 35.5. The highest BCUT2D eigenvalue weighted by molar-refractivity contribution is 6.31. The molecule has 1 fully saturated rings. The van der Waals surface area contributed by atoms with Crippen molar-refractivity contribution >= 4 is 11.6 Å². The molecule has 0 spiro atoms. The number of rotatable bonds is 4. The maximum absolute atomic E-state index is 8.91. The molecule has 0 aliphatic carbocycles. The molecule has 0 atom stereocenters. The van der Waals surface area contributed by atoms with E-state index in [1.807, 2.05) is 12.1 Å². The van der Waals surface area contributed by atoms with Gasteiger partial charge in [0, 0.05) is 5.56 Å². The fourth-order valence-electron chi connectivity index (χ4n) is 3.44. The third kappa shape index (κ3) is 4.34.